The molecule has 0 saturated heterocycles. The van der Waals surface area contributed by atoms with E-state index in [0.29, 0.717) is 0 Å². The fraction of sp³-hybridized carbons (Fsp3) is 0.500. The van der Waals surface area contributed by atoms with E-state index in [-0.39, 0.29) is 68.2 Å². The van der Waals surface area contributed by atoms with Crippen LogP contribution in [0.5, 0.6) is 0 Å². The molecule has 0 amide bonds. The summed E-state index contributed by atoms with van der Waals surface area (Å²) in [6.45, 7) is -1.80. The summed E-state index contributed by atoms with van der Waals surface area (Å²) in [5, 5.41) is 24.8. The van der Waals surface area contributed by atoms with Crippen molar-refractivity contribution in [2.75, 3.05) is 19.6 Å². The maximum absolute atomic E-state index is 10.1. The molecule has 0 aromatic heterocycles. The van der Waals surface area contributed by atoms with Crippen molar-refractivity contribution in [2.24, 2.45) is 0 Å². The van der Waals surface area contributed by atoms with Crippen LogP contribution in [0.2, 0.25) is 0 Å². The molecule has 0 bridgehead atoms. The van der Waals surface area contributed by atoms with Gasteiger partial charge in [-0.3, -0.25) is 19.3 Å². The Morgan fingerprint density at radius 2 is 1.00 bits per heavy atom. The van der Waals surface area contributed by atoms with Crippen molar-refractivity contribution in [3.05, 3.63) is 0 Å². The van der Waals surface area contributed by atoms with Crippen molar-refractivity contribution >= 4 is 17.9 Å². The Kier molecular flexibility index (Phi) is 15.3. The zero-order valence-corrected chi connectivity index (χ0v) is 12.1. The predicted octanol–water partition coefficient (Wildman–Crippen LogP) is -4.46. The van der Waals surface area contributed by atoms with Crippen molar-refractivity contribution in [3.63, 3.8) is 0 Å². The minimum atomic E-state index is -1.26. The molecule has 15 heavy (non-hydrogen) atoms. The average Bonchev–Trinajstić information content (AvgIpc) is 1.80. The summed E-state index contributed by atoms with van der Waals surface area (Å²) in [4.78, 5) is 31.2. The molecule has 7 nitrogen and oxygen atoms in total. The number of nitrogens with zero attached hydrogens (tertiary/aromatic N) is 1. The summed E-state index contributed by atoms with van der Waals surface area (Å²) in [6.07, 6.45) is 0. The number of carbonyl (C=O) groups is 3. The summed E-state index contributed by atoms with van der Waals surface area (Å²) in [5.41, 5.74) is 0. The van der Waals surface area contributed by atoms with Crippen LogP contribution in [0.4, 0.5) is 0 Å². The van der Waals surface area contributed by atoms with Crippen LogP contribution in [-0.4, -0.2) is 57.8 Å². The molecule has 0 aliphatic rings. The van der Waals surface area contributed by atoms with E-state index in [1.165, 1.54) is 0 Å². The molecular formula is C6H9CoKNO6+. The molecule has 0 atom stereocenters. The van der Waals surface area contributed by atoms with Crippen LogP contribution in [0.3, 0.4) is 0 Å². The largest absolute Gasteiger partial charge is 1.00 e. The molecule has 0 unspecified atom stereocenters. The fourth-order valence-corrected chi connectivity index (χ4v) is 0.742. The van der Waals surface area contributed by atoms with Crippen LogP contribution in [0.1, 0.15) is 0 Å². The zero-order valence-electron chi connectivity index (χ0n) is 7.97. The van der Waals surface area contributed by atoms with Crippen molar-refractivity contribution in [2.45, 2.75) is 0 Å². The summed E-state index contributed by atoms with van der Waals surface area (Å²) >= 11 is 0. The SMILES string of the molecule is O=C(O)CN(CC(=O)O)CC(=O)O.[Co].[K+]. The van der Waals surface area contributed by atoms with Gasteiger partial charge >= 0.3 is 69.3 Å². The van der Waals surface area contributed by atoms with Crippen LogP contribution in [0, 0.1) is 0 Å². The molecule has 0 fully saturated rings. The molecule has 9 heteroatoms. The molecule has 0 aliphatic carbocycles. The third-order valence-electron chi connectivity index (χ3n) is 1.08. The Hall–Kier alpha value is 0.513. The van der Waals surface area contributed by atoms with Gasteiger partial charge in [-0.1, -0.05) is 0 Å². The third-order valence-corrected chi connectivity index (χ3v) is 1.08. The van der Waals surface area contributed by atoms with Gasteiger partial charge in [-0.05, 0) is 0 Å². The molecular weight excluding hydrogens is 280 g/mol. The van der Waals surface area contributed by atoms with E-state index in [2.05, 4.69) is 0 Å². The van der Waals surface area contributed by atoms with Crippen LogP contribution in [0.15, 0.2) is 0 Å². The first-order valence-electron chi connectivity index (χ1n) is 3.29. The van der Waals surface area contributed by atoms with Gasteiger partial charge in [0.15, 0.2) is 0 Å². The topological polar surface area (TPSA) is 115 Å². The Labute approximate surface area is 138 Å². The zero-order chi connectivity index (χ0) is 10.4. The number of aliphatic carboxylic acids is 3. The third kappa shape index (κ3) is 14.5. The molecule has 1 radical (unpaired) electrons. The van der Waals surface area contributed by atoms with Crippen LogP contribution >= 0.6 is 0 Å². The van der Waals surface area contributed by atoms with Gasteiger partial charge in [-0.15, -0.1) is 0 Å². The molecule has 83 valence electrons. The van der Waals surface area contributed by atoms with Gasteiger partial charge < -0.3 is 15.3 Å². The van der Waals surface area contributed by atoms with E-state index in [9.17, 15) is 14.4 Å². The number of rotatable bonds is 6. The molecule has 0 aliphatic heterocycles. The second-order valence-electron chi connectivity index (χ2n) is 2.33. The maximum Gasteiger partial charge on any atom is 1.00 e. The molecule has 0 heterocycles. The smallest absolute Gasteiger partial charge is 0.480 e. The first kappa shape index (κ1) is 20.9. The summed E-state index contributed by atoms with van der Waals surface area (Å²) in [5.74, 6) is -3.78. The normalized spacial score (nSPS) is 8.60. The van der Waals surface area contributed by atoms with E-state index in [4.69, 9.17) is 15.3 Å². The number of carboxylic acid groups (broad SMARTS) is 3. The van der Waals surface area contributed by atoms with E-state index in [1.807, 2.05) is 0 Å². The first-order chi connectivity index (χ1) is 5.91. The molecule has 0 saturated carbocycles. The number of hydrogen-bond donors (Lipinski definition) is 3. The van der Waals surface area contributed by atoms with Crippen molar-refractivity contribution in [1.82, 2.24) is 4.90 Å². The average molecular weight is 289 g/mol. The van der Waals surface area contributed by atoms with E-state index in [0.717, 1.165) is 4.90 Å². The van der Waals surface area contributed by atoms with E-state index in [1.54, 1.807) is 0 Å². The predicted molar refractivity (Wildman–Crippen MR) is 39.3 cm³/mol. The van der Waals surface area contributed by atoms with Crippen LogP contribution < -0.4 is 51.4 Å². The second kappa shape index (κ2) is 11.0. The van der Waals surface area contributed by atoms with Crippen molar-refractivity contribution < 1.29 is 97.9 Å². The monoisotopic (exact) mass is 289 g/mol. The van der Waals surface area contributed by atoms with Crippen LogP contribution in [-0.2, 0) is 31.2 Å². The second-order valence-corrected chi connectivity index (χ2v) is 2.33. The van der Waals surface area contributed by atoms with Crippen molar-refractivity contribution in [3.8, 4) is 0 Å². The van der Waals surface area contributed by atoms with Crippen molar-refractivity contribution in [1.29, 1.82) is 0 Å². The number of carboxylic acids is 3. The standard InChI is InChI=1S/C6H9NO6.Co.K/c8-4(9)1-7(2-5(10)11)3-6(12)13;;/h1-3H2,(H,8,9)(H,10,11)(H,12,13);;/q;;+1. The van der Waals surface area contributed by atoms with Crippen LogP contribution in [0.25, 0.3) is 0 Å². The quantitative estimate of drug-likeness (QED) is 0.422. The minimum absolute atomic E-state index is 0. The van der Waals surface area contributed by atoms with Gasteiger partial charge in [0.25, 0.3) is 0 Å². The van der Waals surface area contributed by atoms with Gasteiger partial charge in [0.05, 0.1) is 19.6 Å². The molecule has 0 aromatic carbocycles. The Morgan fingerprint density at radius 3 is 1.13 bits per heavy atom. The Bertz CT molecular complexity index is 198. The van der Waals surface area contributed by atoms with Gasteiger partial charge in [-0.25, -0.2) is 0 Å². The van der Waals surface area contributed by atoms with E-state index >= 15 is 0 Å². The number of hydrogen-bond acceptors (Lipinski definition) is 4. The summed E-state index contributed by atoms with van der Waals surface area (Å²) < 4.78 is 0. The van der Waals surface area contributed by atoms with Gasteiger partial charge in [-0.2, -0.15) is 0 Å². The first-order valence-corrected chi connectivity index (χ1v) is 3.29. The summed E-state index contributed by atoms with van der Waals surface area (Å²) in [6, 6.07) is 0. The van der Waals surface area contributed by atoms with E-state index < -0.39 is 37.5 Å². The van der Waals surface area contributed by atoms with Gasteiger partial charge in [0, 0.05) is 16.8 Å². The molecule has 3 N–H and O–H groups in total. The van der Waals surface area contributed by atoms with Gasteiger partial charge in [0.1, 0.15) is 0 Å². The molecule has 0 rings (SSSR count). The fourth-order valence-electron chi connectivity index (χ4n) is 0.742. The molecule has 0 aromatic rings. The minimum Gasteiger partial charge on any atom is -0.480 e. The Balaban J connectivity index is -0.000000720. The van der Waals surface area contributed by atoms with Gasteiger partial charge in [0.2, 0.25) is 0 Å². The Morgan fingerprint density at radius 1 is 0.800 bits per heavy atom. The summed E-state index contributed by atoms with van der Waals surface area (Å²) in [7, 11) is 0. The molecule has 0 spiro atoms. The maximum atomic E-state index is 10.1.